The molecule has 4 rings (SSSR count). The Balaban J connectivity index is 1.98. The van der Waals surface area contributed by atoms with E-state index < -0.39 is 0 Å². The van der Waals surface area contributed by atoms with Gasteiger partial charge in [-0.2, -0.15) is 5.10 Å². The van der Waals surface area contributed by atoms with Crippen molar-refractivity contribution in [2.75, 3.05) is 12.0 Å². The van der Waals surface area contributed by atoms with Crippen LogP contribution in [0, 0.1) is 0 Å². The van der Waals surface area contributed by atoms with E-state index in [1.165, 1.54) is 0 Å². The molecule has 1 unspecified atom stereocenters. The number of carbonyl (C=O) groups is 1. The molecule has 28 heavy (non-hydrogen) atoms. The molecule has 6 nitrogen and oxygen atoms in total. The largest absolute Gasteiger partial charge is 0.481 e. The van der Waals surface area contributed by atoms with Crippen molar-refractivity contribution in [2.24, 2.45) is 0 Å². The minimum atomic E-state index is -0.375. The maximum atomic E-state index is 13.4. The maximum Gasteiger partial charge on any atom is 0.277 e. The van der Waals surface area contributed by atoms with E-state index in [-0.39, 0.29) is 17.4 Å². The number of H-pyrrole nitrogens is 1. The predicted molar refractivity (Wildman–Crippen MR) is 111 cm³/mol. The van der Waals surface area contributed by atoms with Crippen LogP contribution in [0.2, 0.25) is 0 Å². The van der Waals surface area contributed by atoms with Crippen LogP contribution in [-0.4, -0.2) is 28.2 Å². The monoisotopic (exact) mass is 440 g/mol. The number of halogens is 1. The summed E-state index contributed by atoms with van der Waals surface area (Å²) in [6.45, 7) is 6.27. The summed E-state index contributed by atoms with van der Waals surface area (Å²) in [5.41, 5.74) is 3.66. The third kappa shape index (κ3) is 2.90. The van der Waals surface area contributed by atoms with Crippen molar-refractivity contribution < 1.29 is 9.53 Å². The first-order valence-corrected chi connectivity index (χ1v) is 9.79. The Hall–Kier alpha value is -2.67. The normalized spacial score (nSPS) is 16.4. The lowest BCUT2D eigenvalue weighted by Gasteiger charge is -2.28. The van der Waals surface area contributed by atoms with Crippen LogP contribution in [0.1, 0.15) is 54.1 Å². The molecule has 0 fully saturated rings. The first kappa shape index (κ1) is 18.7. The minimum Gasteiger partial charge on any atom is -0.481 e. The van der Waals surface area contributed by atoms with Crippen molar-refractivity contribution in [3.63, 3.8) is 0 Å². The Kier molecular flexibility index (Phi) is 4.50. The number of benzene rings is 1. The number of ether oxygens (including phenoxy) is 1. The van der Waals surface area contributed by atoms with Gasteiger partial charge in [-0.15, -0.1) is 0 Å². The maximum absolute atomic E-state index is 13.4. The van der Waals surface area contributed by atoms with Gasteiger partial charge in [-0.3, -0.25) is 14.8 Å². The van der Waals surface area contributed by atoms with Gasteiger partial charge in [0.2, 0.25) is 5.88 Å². The molecule has 3 aromatic rings. The van der Waals surface area contributed by atoms with E-state index in [1.54, 1.807) is 18.2 Å². The molecule has 2 aromatic heterocycles. The van der Waals surface area contributed by atoms with Crippen LogP contribution in [0.5, 0.6) is 5.88 Å². The van der Waals surface area contributed by atoms with E-state index in [2.05, 4.69) is 51.9 Å². The highest BCUT2D eigenvalue weighted by Gasteiger charge is 2.45. The van der Waals surface area contributed by atoms with E-state index >= 15 is 0 Å². The number of carbonyl (C=O) groups excluding carboxylic acids is 1. The number of amides is 1. The predicted octanol–water partition coefficient (Wildman–Crippen LogP) is 4.62. The number of pyridine rings is 1. The highest BCUT2D eigenvalue weighted by atomic mass is 79.9. The second kappa shape index (κ2) is 6.74. The summed E-state index contributed by atoms with van der Waals surface area (Å²) in [7, 11) is 1.59. The van der Waals surface area contributed by atoms with Gasteiger partial charge in [-0.25, -0.2) is 4.98 Å². The number of fused-ring (bicyclic) bond motifs is 1. The van der Waals surface area contributed by atoms with Crippen LogP contribution in [0.3, 0.4) is 0 Å². The molecular formula is C21H21BrN4O2. The van der Waals surface area contributed by atoms with Gasteiger partial charge in [0.1, 0.15) is 5.69 Å². The quantitative estimate of drug-likeness (QED) is 0.644. The van der Waals surface area contributed by atoms with Crippen molar-refractivity contribution in [3.05, 3.63) is 69.6 Å². The molecule has 1 amide bonds. The second-order valence-corrected chi connectivity index (χ2v) is 8.68. The van der Waals surface area contributed by atoms with Crippen molar-refractivity contribution >= 4 is 27.5 Å². The number of methoxy groups -OCH3 is 1. The van der Waals surface area contributed by atoms with Crippen molar-refractivity contribution in [1.82, 2.24) is 15.2 Å². The lowest BCUT2D eigenvalue weighted by atomic mass is 9.86. The summed E-state index contributed by atoms with van der Waals surface area (Å²) < 4.78 is 6.48. The Morgan fingerprint density at radius 2 is 1.89 bits per heavy atom. The third-order valence-electron chi connectivity index (χ3n) is 4.87. The Labute approximate surface area is 172 Å². The zero-order valence-corrected chi connectivity index (χ0v) is 17.7. The third-order valence-corrected chi connectivity index (χ3v) is 5.40. The average Bonchev–Trinajstić information content (AvgIpc) is 3.22. The van der Waals surface area contributed by atoms with E-state index in [0.29, 0.717) is 11.6 Å². The summed E-state index contributed by atoms with van der Waals surface area (Å²) in [5, 5.41) is 7.47. The van der Waals surface area contributed by atoms with Crippen molar-refractivity contribution in [2.45, 2.75) is 32.2 Å². The zero-order valence-electron chi connectivity index (χ0n) is 16.2. The van der Waals surface area contributed by atoms with Gasteiger partial charge in [0.15, 0.2) is 0 Å². The number of nitrogens with one attached hydrogen (secondary N) is 1. The van der Waals surface area contributed by atoms with E-state index in [9.17, 15) is 4.79 Å². The smallest absolute Gasteiger partial charge is 0.277 e. The van der Waals surface area contributed by atoms with Gasteiger partial charge in [0.25, 0.3) is 5.91 Å². The zero-order chi connectivity index (χ0) is 20.1. The summed E-state index contributed by atoms with van der Waals surface area (Å²) in [6.07, 6.45) is 1.68. The fourth-order valence-corrected chi connectivity index (χ4v) is 3.93. The molecule has 0 spiro atoms. The highest BCUT2D eigenvalue weighted by molar-refractivity contribution is 9.10. The number of aromatic amines is 1. The number of anilines is 1. The molecule has 1 aromatic carbocycles. The van der Waals surface area contributed by atoms with Gasteiger partial charge in [0.05, 0.1) is 18.8 Å². The fourth-order valence-electron chi connectivity index (χ4n) is 3.66. The standard InChI is InChI=1S/C21H21BrN4O2/c1-21(2,3)18-15-16(24-25-18)20(27)26(13-9-7-12(22)8-10-13)17(15)14-6-5-11-23-19(14)28-4/h5-11,17H,1-4H3,(H,24,25). The van der Waals surface area contributed by atoms with Crippen molar-refractivity contribution in [3.8, 4) is 5.88 Å². The molecular weight excluding hydrogens is 420 g/mol. The molecule has 1 N–H and O–H groups in total. The lowest BCUT2D eigenvalue weighted by Crippen LogP contribution is -2.30. The number of hydrogen-bond donors (Lipinski definition) is 1. The number of rotatable bonds is 3. The molecule has 3 heterocycles. The van der Waals surface area contributed by atoms with Gasteiger partial charge in [-0.1, -0.05) is 36.7 Å². The summed E-state index contributed by atoms with van der Waals surface area (Å²) in [6, 6.07) is 11.1. The molecule has 1 aliphatic rings. The molecule has 0 saturated carbocycles. The van der Waals surface area contributed by atoms with Crippen LogP contribution >= 0.6 is 15.9 Å². The van der Waals surface area contributed by atoms with Gasteiger partial charge in [-0.05, 0) is 36.4 Å². The highest BCUT2D eigenvalue weighted by Crippen LogP contribution is 2.46. The fraction of sp³-hybridized carbons (Fsp3) is 0.286. The SMILES string of the molecule is COc1ncccc1C1c2c(C(C)(C)C)n[nH]c2C(=O)N1c1ccc(Br)cc1. The minimum absolute atomic E-state index is 0.115. The number of aromatic nitrogens is 3. The summed E-state index contributed by atoms with van der Waals surface area (Å²) >= 11 is 3.46. The van der Waals surface area contributed by atoms with Crippen LogP contribution < -0.4 is 9.64 Å². The summed E-state index contributed by atoms with van der Waals surface area (Å²) in [4.78, 5) is 19.5. The molecule has 0 radical (unpaired) electrons. The van der Waals surface area contributed by atoms with Gasteiger partial charge in [0, 0.05) is 32.9 Å². The van der Waals surface area contributed by atoms with Crippen LogP contribution in [0.25, 0.3) is 0 Å². The number of hydrogen-bond acceptors (Lipinski definition) is 4. The Morgan fingerprint density at radius 1 is 1.18 bits per heavy atom. The lowest BCUT2D eigenvalue weighted by molar-refractivity contribution is 0.0988. The van der Waals surface area contributed by atoms with Crippen LogP contribution in [0.15, 0.2) is 47.1 Å². The van der Waals surface area contributed by atoms with Gasteiger partial charge < -0.3 is 4.74 Å². The van der Waals surface area contributed by atoms with Crippen LogP contribution in [-0.2, 0) is 5.41 Å². The topological polar surface area (TPSA) is 71.1 Å². The van der Waals surface area contributed by atoms with E-state index in [0.717, 1.165) is 27.0 Å². The molecule has 0 bridgehead atoms. The Bertz CT molecular complexity index is 1040. The van der Waals surface area contributed by atoms with E-state index in [4.69, 9.17) is 4.74 Å². The molecule has 0 aliphatic carbocycles. The van der Waals surface area contributed by atoms with Crippen LogP contribution in [0.4, 0.5) is 5.69 Å². The summed E-state index contributed by atoms with van der Waals surface area (Å²) in [5.74, 6) is 0.382. The molecule has 1 aliphatic heterocycles. The molecule has 0 saturated heterocycles. The number of nitrogens with zero attached hydrogens (tertiary/aromatic N) is 3. The van der Waals surface area contributed by atoms with Gasteiger partial charge >= 0.3 is 0 Å². The molecule has 144 valence electrons. The molecule has 1 atom stereocenters. The second-order valence-electron chi connectivity index (χ2n) is 7.77. The van der Waals surface area contributed by atoms with E-state index in [1.807, 2.05) is 36.4 Å². The Morgan fingerprint density at radius 3 is 2.54 bits per heavy atom. The van der Waals surface area contributed by atoms with Crippen molar-refractivity contribution in [1.29, 1.82) is 0 Å². The average molecular weight is 441 g/mol. The molecule has 7 heteroatoms. The first-order chi connectivity index (χ1) is 13.3. The first-order valence-electron chi connectivity index (χ1n) is 8.99.